The van der Waals surface area contributed by atoms with E-state index in [0.717, 1.165) is 0 Å². The Bertz CT molecular complexity index is 434. The van der Waals surface area contributed by atoms with Gasteiger partial charge in [0.25, 0.3) is 0 Å². The maximum Gasteiger partial charge on any atom is 0.122 e. The zero-order valence-corrected chi connectivity index (χ0v) is 8.19. The molecule has 0 aliphatic rings. The van der Waals surface area contributed by atoms with Gasteiger partial charge < -0.3 is 19.9 Å². The van der Waals surface area contributed by atoms with Gasteiger partial charge in [-0.2, -0.15) is 0 Å². The summed E-state index contributed by atoms with van der Waals surface area (Å²) in [5.41, 5.74) is 5.70. The van der Waals surface area contributed by atoms with Gasteiger partial charge in [-0.3, -0.25) is 13.8 Å². The quantitative estimate of drug-likeness (QED) is 0.253. The van der Waals surface area contributed by atoms with Gasteiger partial charge in [0.1, 0.15) is 11.6 Å². The normalized spacial score (nSPS) is 10.0. The molecule has 1 aromatic carbocycles. The Hall–Kier alpha value is -1.64. The van der Waals surface area contributed by atoms with Crippen molar-refractivity contribution in [2.24, 2.45) is 5.73 Å². The van der Waals surface area contributed by atoms with Crippen molar-refractivity contribution in [2.45, 2.75) is 0 Å². The van der Waals surface area contributed by atoms with Crippen molar-refractivity contribution in [3.63, 3.8) is 0 Å². The Balaban J connectivity index is 0.000000336. The lowest BCUT2D eigenvalue weighted by Gasteiger charge is -2.06. The SMILES string of the molecule is N=C(N)c1cccc(O)c1.O=S(=O)([O-])[O-]. The molecule has 0 saturated carbocycles. The summed E-state index contributed by atoms with van der Waals surface area (Å²) in [6.45, 7) is 0. The second kappa shape index (κ2) is 5.29. The van der Waals surface area contributed by atoms with Crippen molar-refractivity contribution in [3.05, 3.63) is 29.8 Å². The van der Waals surface area contributed by atoms with E-state index >= 15 is 0 Å². The van der Waals surface area contributed by atoms with E-state index in [1.807, 2.05) is 0 Å². The number of nitrogens with two attached hydrogens (primary N) is 1. The number of hydrogen-bond acceptors (Lipinski definition) is 6. The van der Waals surface area contributed by atoms with Gasteiger partial charge in [0.05, 0.1) is 0 Å². The van der Waals surface area contributed by atoms with Crippen molar-refractivity contribution in [3.8, 4) is 5.75 Å². The minimum absolute atomic E-state index is 0.0316. The van der Waals surface area contributed by atoms with Crippen LogP contribution in [0.4, 0.5) is 0 Å². The van der Waals surface area contributed by atoms with Crippen LogP contribution >= 0.6 is 0 Å². The second-order valence-electron chi connectivity index (χ2n) is 2.37. The van der Waals surface area contributed by atoms with Crippen molar-refractivity contribution >= 4 is 16.2 Å². The Morgan fingerprint density at radius 2 is 1.87 bits per heavy atom. The predicted molar refractivity (Wildman–Crippen MR) is 49.6 cm³/mol. The summed E-state index contributed by atoms with van der Waals surface area (Å²) in [5, 5.41) is 15.9. The molecule has 7 nitrogen and oxygen atoms in total. The smallest absolute Gasteiger partial charge is 0.122 e. The molecular formula is C7H8N2O5S-2. The fraction of sp³-hybridized carbons (Fsp3) is 0. The van der Waals surface area contributed by atoms with E-state index in [9.17, 15) is 0 Å². The summed E-state index contributed by atoms with van der Waals surface area (Å²) < 4.78 is 34.1. The Morgan fingerprint density at radius 3 is 2.13 bits per heavy atom. The number of amidine groups is 1. The molecule has 1 rings (SSSR count). The molecule has 15 heavy (non-hydrogen) atoms. The van der Waals surface area contributed by atoms with Gasteiger partial charge in [0.2, 0.25) is 0 Å². The van der Waals surface area contributed by atoms with Crippen LogP contribution in [0.3, 0.4) is 0 Å². The second-order valence-corrected chi connectivity index (χ2v) is 3.19. The van der Waals surface area contributed by atoms with E-state index in [4.69, 9.17) is 33.8 Å². The van der Waals surface area contributed by atoms with Crippen molar-refractivity contribution in [1.82, 2.24) is 0 Å². The topological polar surface area (TPSA) is 150 Å². The predicted octanol–water partition coefficient (Wildman–Crippen LogP) is -0.662. The summed E-state index contributed by atoms with van der Waals surface area (Å²) in [6.07, 6.45) is 0. The molecule has 1 aromatic rings. The molecule has 0 bridgehead atoms. The molecule has 0 radical (unpaired) electrons. The molecule has 0 saturated heterocycles. The highest BCUT2D eigenvalue weighted by Crippen LogP contribution is 2.09. The minimum Gasteiger partial charge on any atom is -0.759 e. The summed E-state index contributed by atoms with van der Waals surface area (Å²) in [5.74, 6) is 0.101. The van der Waals surface area contributed by atoms with Crippen LogP contribution in [-0.4, -0.2) is 28.5 Å². The number of phenolic OH excluding ortho intramolecular Hbond substituents is 1. The van der Waals surface area contributed by atoms with E-state index in [0.29, 0.717) is 5.56 Å². The van der Waals surface area contributed by atoms with Crippen LogP contribution in [0.25, 0.3) is 0 Å². The maximum atomic E-state index is 8.91. The van der Waals surface area contributed by atoms with E-state index in [2.05, 4.69) is 0 Å². The van der Waals surface area contributed by atoms with E-state index in [1.54, 1.807) is 12.1 Å². The van der Waals surface area contributed by atoms with Crippen LogP contribution in [0, 0.1) is 5.41 Å². The van der Waals surface area contributed by atoms with Crippen LogP contribution in [0.1, 0.15) is 5.56 Å². The number of rotatable bonds is 1. The third-order valence-electron chi connectivity index (χ3n) is 1.16. The number of phenols is 1. The molecule has 0 aliphatic heterocycles. The Morgan fingerprint density at radius 1 is 1.40 bits per heavy atom. The molecule has 0 unspecified atom stereocenters. The maximum absolute atomic E-state index is 8.91. The molecular weight excluding hydrogens is 224 g/mol. The Labute approximate surface area is 86.3 Å². The number of aromatic hydroxyl groups is 1. The van der Waals surface area contributed by atoms with Crippen LogP contribution in [0.2, 0.25) is 0 Å². The number of benzene rings is 1. The highest BCUT2D eigenvalue weighted by molar-refractivity contribution is 7.79. The zero-order chi connectivity index (χ0) is 12.1. The lowest BCUT2D eigenvalue weighted by atomic mass is 10.2. The van der Waals surface area contributed by atoms with Gasteiger partial charge in [0, 0.05) is 16.0 Å². The highest BCUT2D eigenvalue weighted by Gasteiger charge is 1.94. The monoisotopic (exact) mass is 232 g/mol. The zero-order valence-electron chi connectivity index (χ0n) is 7.38. The lowest BCUT2D eigenvalue weighted by molar-refractivity contribution is 0.352. The van der Waals surface area contributed by atoms with Crippen LogP contribution in [0.15, 0.2) is 24.3 Å². The average Bonchev–Trinajstić information content (AvgIpc) is 2.00. The molecule has 0 aliphatic carbocycles. The molecule has 4 N–H and O–H groups in total. The van der Waals surface area contributed by atoms with Gasteiger partial charge in [0.15, 0.2) is 0 Å². The molecule has 0 aromatic heterocycles. The van der Waals surface area contributed by atoms with E-state index in [-0.39, 0.29) is 11.6 Å². The fourth-order valence-electron chi connectivity index (χ4n) is 0.673. The van der Waals surface area contributed by atoms with Crippen molar-refractivity contribution < 1.29 is 22.6 Å². The van der Waals surface area contributed by atoms with Gasteiger partial charge in [-0.25, -0.2) is 0 Å². The van der Waals surface area contributed by atoms with Crippen molar-refractivity contribution in [2.75, 3.05) is 0 Å². The minimum atomic E-state index is -5.17. The van der Waals surface area contributed by atoms with Crippen LogP contribution < -0.4 is 5.73 Å². The first-order valence-electron chi connectivity index (χ1n) is 3.50. The molecule has 0 fully saturated rings. The lowest BCUT2D eigenvalue weighted by Crippen LogP contribution is -2.10. The third kappa shape index (κ3) is 8.68. The number of nitrogen functional groups attached to an aromatic ring is 1. The molecule has 0 atom stereocenters. The summed E-state index contributed by atoms with van der Waals surface area (Å²) in [6, 6.07) is 6.29. The number of nitrogens with one attached hydrogen (secondary N) is 1. The van der Waals surface area contributed by atoms with Gasteiger partial charge in [-0.15, -0.1) is 0 Å². The first-order valence-corrected chi connectivity index (χ1v) is 4.83. The summed E-state index contributed by atoms with van der Waals surface area (Å²) in [4.78, 5) is 0. The average molecular weight is 232 g/mol. The van der Waals surface area contributed by atoms with Gasteiger partial charge >= 0.3 is 0 Å². The van der Waals surface area contributed by atoms with Gasteiger partial charge in [-0.1, -0.05) is 12.1 Å². The number of hydrogen-bond donors (Lipinski definition) is 3. The molecule has 0 heterocycles. The fourth-order valence-corrected chi connectivity index (χ4v) is 0.673. The summed E-state index contributed by atoms with van der Waals surface area (Å²) >= 11 is 0. The standard InChI is InChI=1S/C7H8N2O.H2O4S/c8-7(9)5-2-1-3-6(10)4-5;1-5(2,3)4/h1-4,10H,(H3,8,9);(H2,1,2,3,4)/p-2. The molecule has 0 amide bonds. The molecule has 0 spiro atoms. The van der Waals surface area contributed by atoms with Crippen LogP contribution in [0.5, 0.6) is 5.75 Å². The largest absolute Gasteiger partial charge is 0.759 e. The van der Waals surface area contributed by atoms with Crippen molar-refractivity contribution in [1.29, 1.82) is 5.41 Å². The highest BCUT2D eigenvalue weighted by atomic mass is 32.3. The molecule has 8 heteroatoms. The first kappa shape index (κ1) is 13.4. The van der Waals surface area contributed by atoms with E-state index < -0.39 is 10.4 Å². The first-order chi connectivity index (χ1) is 6.70. The van der Waals surface area contributed by atoms with E-state index in [1.165, 1.54) is 12.1 Å². The third-order valence-corrected chi connectivity index (χ3v) is 1.16. The summed E-state index contributed by atoms with van der Waals surface area (Å²) in [7, 11) is -5.17. The van der Waals surface area contributed by atoms with Crippen LogP contribution in [-0.2, 0) is 10.4 Å². The van der Waals surface area contributed by atoms with Gasteiger partial charge in [-0.05, 0) is 12.1 Å². The Kier molecular flexibility index (Phi) is 4.71. The molecule has 84 valence electrons.